The Balaban J connectivity index is 2.60. The standard InChI is InChI=1S/C9H9F2NO3/c1-14-9(13)6-2-3-8(12-4-6)15-5-7(10)11/h2-4,7H,5H2,1H3. The second-order valence-corrected chi connectivity index (χ2v) is 2.58. The molecule has 0 atom stereocenters. The molecular weight excluding hydrogens is 208 g/mol. The van der Waals surface area contributed by atoms with Gasteiger partial charge in [-0.25, -0.2) is 18.6 Å². The quantitative estimate of drug-likeness (QED) is 0.717. The van der Waals surface area contributed by atoms with Crippen LogP contribution in [0.1, 0.15) is 10.4 Å². The molecule has 0 radical (unpaired) electrons. The highest BCUT2D eigenvalue weighted by molar-refractivity contribution is 5.88. The Morgan fingerprint density at radius 2 is 2.27 bits per heavy atom. The van der Waals surface area contributed by atoms with Crippen molar-refractivity contribution in [2.75, 3.05) is 13.7 Å². The van der Waals surface area contributed by atoms with Gasteiger partial charge < -0.3 is 9.47 Å². The molecule has 0 amide bonds. The van der Waals surface area contributed by atoms with E-state index in [-0.39, 0.29) is 11.4 Å². The van der Waals surface area contributed by atoms with Gasteiger partial charge in [-0.05, 0) is 6.07 Å². The normalized spacial score (nSPS) is 10.1. The van der Waals surface area contributed by atoms with Crippen molar-refractivity contribution < 1.29 is 23.0 Å². The topological polar surface area (TPSA) is 48.4 Å². The summed E-state index contributed by atoms with van der Waals surface area (Å²) < 4.78 is 32.6. The van der Waals surface area contributed by atoms with Crippen molar-refractivity contribution in [1.82, 2.24) is 4.98 Å². The first kappa shape index (κ1) is 11.4. The van der Waals surface area contributed by atoms with Crippen LogP contribution < -0.4 is 4.74 Å². The Hall–Kier alpha value is -1.72. The summed E-state index contributed by atoms with van der Waals surface area (Å²) >= 11 is 0. The van der Waals surface area contributed by atoms with Crippen molar-refractivity contribution in [2.45, 2.75) is 6.43 Å². The third-order valence-electron chi connectivity index (χ3n) is 1.51. The van der Waals surface area contributed by atoms with Gasteiger partial charge in [0.1, 0.15) is 0 Å². The predicted molar refractivity (Wildman–Crippen MR) is 47.1 cm³/mol. The average Bonchev–Trinajstić information content (AvgIpc) is 2.26. The molecule has 0 fully saturated rings. The van der Waals surface area contributed by atoms with Gasteiger partial charge in [-0.15, -0.1) is 0 Å². The van der Waals surface area contributed by atoms with E-state index in [1.165, 1.54) is 25.4 Å². The molecule has 0 unspecified atom stereocenters. The largest absolute Gasteiger partial charge is 0.472 e. The molecule has 0 spiro atoms. The fourth-order valence-corrected chi connectivity index (χ4v) is 0.853. The van der Waals surface area contributed by atoms with Crippen molar-refractivity contribution in [3.8, 4) is 5.88 Å². The first-order valence-electron chi connectivity index (χ1n) is 4.09. The van der Waals surface area contributed by atoms with Crippen LogP contribution in [0.3, 0.4) is 0 Å². The zero-order valence-electron chi connectivity index (χ0n) is 7.94. The summed E-state index contributed by atoms with van der Waals surface area (Å²) in [6, 6.07) is 2.72. The van der Waals surface area contributed by atoms with Gasteiger partial charge in [0, 0.05) is 12.3 Å². The summed E-state index contributed by atoms with van der Waals surface area (Å²) in [4.78, 5) is 14.6. The molecule has 82 valence electrons. The summed E-state index contributed by atoms with van der Waals surface area (Å²) in [6.07, 6.45) is -1.35. The summed E-state index contributed by atoms with van der Waals surface area (Å²) in [5.74, 6) is -0.495. The van der Waals surface area contributed by atoms with Gasteiger partial charge >= 0.3 is 5.97 Å². The summed E-state index contributed by atoms with van der Waals surface area (Å²) in [5.41, 5.74) is 0.238. The first-order valence-corrected chi connectivity index (χ1v) is 4.09. The van der Waals surface area contributed by atoms with Crippen molar-refractivity contribution in [3.63, 3.8) is 0 Å². The van der Waals surface area contributed by atoms with E-state index >= 15 is 0 Å². The number of aromatic nitrogens is 1. The van der Waals surface area contributed by atoms with Crippen molar-refractivity contribution in [2.24, 2.45) is 0 Å². The number of ether oxygens (including phenoxy) is 2. The molecule has 0 aliphatic rings. The maximum atomic E-state index is 11.8. The third kappa shape index (κ3) is 3.49. The van der Waals surface area contributed by atoms with Crippen LogP contribution in [0.2, 0.25) is 0 Å². The van der Waals surface area contributed by atoms with Gasteiger partial charge in [0.15, 0.2) is 6.61 Å². The van der Waals surface area contributed by atoms with Gasteiger partial charge in [0.25, 0.3) is 6.43 Å². The summed E-state index contributed by atoms with van der Waals surface area (Å²) in [5, 5.41) is 0. The molecule has 0 saturated heterocycles. The zero-order valence-corrected chi connectivity index (χ0v) is 7.94. The Kier molecular flexibility index (Phi) is 3.96. The third-order valence-corrected chi connectivity index (χ3v) is 1.51. The lowest BCUT2D eigenvalue weighted by Crippen LogP contribution is -2.08. The van der Waals surface area contributed by atoms with Gasteiger partial charge in [-0.3, -0.25) is 0 Å². The number of hydrogen-bond acceptors (Lipinski definition) is 4. The second-order valence-electron chi connectivity index (χ2n) is 2.58. The molecule has 1 rings (SSSR count). The number of halogens is 2. The molecule has 4 nitrogen and oxygen atoms in total. The number of rotatable bonds is 4. The molecule has 1 aromatic rings. The minimum absolute atomic E-state index is 0.0444. The monoisotopic (exact) mass is 217 g/mol. The fourth-order valence-electron chi connectivity index (χ4n) is 0.853. The van der Waals surface area contributed by atoms with E-state index in [0.717, 1.165) is 0 Å². The van der Waals surface area contributed by atoms with Crippen LogP contribution >= 0.6 is 0 Å². The molecule has 15 heavy (non-hydrogen) atoms. The van der Waals surface area contributed by atoms with E-state index in [1.54, 1.807) is 0 Å². The Morgan fingerprint density at radius 1 is 1.53 bits per heavy atom. The van der Waals surface area contributed by atoms with Gasteiger partial charge in [-0.2, -0.15) is 0 Å². The molecule has 0 aliphatic heterocycles. The number of esters is 1. The number of carbonyl (C=O) groups excluding carboxylic acids is 1. The Labute approximate surface area is 84.8 Å². The van der Waals surface area contributed by atoms with Crippen LogP contribution in [-0.2, 0) is 4.74 Å². The second kappa shape index (κ2) is 5.23. The van der Waals surface area contributed by atoms with E-state index in [9.17, 15) is 13.6 Å². The maximum absolute atomic E-state index is 11.8. The average molecular weight is 217 g/mol. The summed E-state index contributed by atoms with van der Waals surface area (Å²) in [6.45, 7) is -0.718. The molecular formula is C9H9F2NO3. The van der Waals surface area contributed by atoms with Crippen molar-refractivity contribution in [1.29, 1.82) is 0 Å². The van der Waals surface area contributed by atoms with Crippen LogP contribution in [0.15, 0.2) is 18.3 Å². The minimum Gasteiger partial charge on any atom is -0.472 e. The smallest absolute Gasteiger partial charge is 0.339 e. The highest BCUT2D eigenvalue weighted by Crippen LogP contribution is 2.09. The lowest BCUT2D eigenvalue weighted by Gasteiger charge is -2.04. The number of alkyl halides is 2. The van der Waals surface area contributed by atoms with E-state index in [2.05, 4.69) is 14.5 Å². The number of pyridine rings is 1. The molecule has 0 aliphatic carbocycles. The molecule has 0 saturated carbocycles. The summed E-state index contributed by atoms with van der Waals surface area (Å²) in [7, 11) is 1.24. The highest BCUT2D eigenvalue weighted by atomic mass is 19.3. The molecule has 0 bridgehead atoms. The van der Waals surface area contributed by atoms with Crippen LogP contribution in [0.4, 0.5) is 8.78 Å². The first-order chi connectivity index (χ1) is 7.13. The Morgan fingerprint density at radius 3 is 2.73 bits per heavy atom. The van der Waals surface area contributed by atoms with E-state index in [1.807, 2.05) is 0 Å². The number of methoxy groups -OCH3 is 1. The maximum Gasteiger partial charge on any atom is 0.339 e. The lowest BCUT2D eigenvalue weighted by molar-refractivity contribution is 0.0599. The van der Waals surface area contributed by atoms with Crippen LogP contribution in [0.5, 0.6) is 5.88 Å². The van der Waals surface area contributed by atoms with Gasteiger partial charge in [0.05, 0.1) is 12.7 Å². The van der Waals surface area contributed by atoms with Crippen molar-refractivity contribution in [3.05, 3.63) is 23.9 Å². The number of hydrogen-bond donors (Lipinski definition) is 0. The molecule has 1 aromatic heterocycles. The highest BCUT2D eigenvalue weighted by Gasteiger charge is 2.07. The van der Waals surface area contributed by atoms with E-state index in [4.69, 9.17) is 0 Å². The predicted octanol–water partition coefficient (Wildman–Crippen LogP) is 1.51. The Bertz CT molecular complexity index is 327. The van der Waals surface area contributed by atoms with Crippen molar-refractivity contribution >= 4 is 5.97 Å². The molecule has 6 heteroatoms. The minimum atomic E-state index is -2.55. The van der Waals surface area contributed by atoms with Crippen LogP contribution in [0, 0.1) is 0 Å². The van der Waals surface area contributed by atoms with E-state index in [0.29, 0.717) is 0 Å². The molecule has 0 aromatic carbocycles. The fraction of sp³-hybridized carbons (Fsp3) is 0.333. The van der Waals surface area contributed by atoms with Gasteiger partial charge in [-0.1, -0.05) is 0 Å². The van der Waals surface area contributed by atoms with Gasteiger partial charge in [0.2, 0.25) is 5.88 Å². The molecule has 1 heterocycles. The lowest BCUT2D eigenvalue weighted by atomic mass is 10.3. The van der Waals surface area contributed by atoms with Crippen LogP contribution in [0.25, 0.3) is 0 Å². The van der Waals surface area contributed by atoms with E-state index < -0.39 is 19.0 Å². The number of carbonyl (C=O) groups is 1. The number of nitrogens with zero attached hydrogens (tertiary/aromatic N) is 1. The van der Waals surface area contributed by atoms with Crippen LogP contribution in [-0.4, -0.2) is 31.1 Å². The molecule has 0 N–H and O–H groups in total. The zero-order chi connectivity index (χ0) is 11.3. The SMILES string of the molecule is COC(=O)c1ccc(OCC(F)F)nc1.